The van der Waals surface area contributed by atoms with Crippen LogP contribution in [-0.4, -0.2) is 24.0 Å². The summed E-state index contributed by atoms with van der Waals surface area (Å²) in [5.41, 5.74) is 7.89. The van der Waals surface area contributed by atoms with Crippen LogP contribution in [0.1, 0.15) is 30.5 Å². The predicted octanol–water partition coefficient (Wildman–Crippen LogP) is 2.99. The van der Waals surface area contributed by atoms with Crippen molar-refractivity contribution < 1.29 is 19.1 Å². The van der Waals surface area contributed by atoms with Crippen LogP contribution >= 0.6 is 0 Å². The van der Waals surface area contributed by atoms with Crippen molar-refractivity contribution in [1.82, 2.24) is 10.9 Å². The molecule has 0 heterocycles. The molecule has 0 saturated carbocycles. The van der Waals surface area contributed by atoms with E-state index in [1.165, 1.54) is 0 Å². The van der Waals surface area contributed by atoms with E-state index in [0.29, 0.717) is 11.5 Å². The smallest absolute Gasteiger partial charge is 0.279 e. The van der Waals surface area contributed by atoms with E-state index in [9.17, 15) is 9.59 Å². The van der Waals surface area contributed by atoms with Gasteiger partial charge in [-0.2, -0.15) is 0 Å². The van der Waals surface area contributed by atoms with Gasteiger partial charge < -0.3 is 9.47 Å². The van der Waals surface area contributed by atoms with Crippen LogP contribution in [-0.2, 0) is 9.59 Å². The van der Waals surface area contributed by atoms with Crippen LogP contribution in [0.5, 0.6) is 11.5 Å². The minimum absolute atomic E-state index is 0.454. The van der Waals surface area contributed by atoms with Crippen LogP contribution in [0.15, 0.2) is 42.5 Å². The Morgan fingerprint density at radius 3 is 1.96 bits per heavy atom. The average Bonchev–Trinajstić information content (AvgIpc) is 2.64. The number of benzene rings is 2. The Hall–Kier alpha value is -3.02. The second-order valence-corrected chi connectivity index (χ2v) is 6.51. The highest BCUT2D eigenvalue weighted by atomic mass is 16.5. The van der Waals surface area contributed by atoms with Crippen molar-refractivity contribution in [2.24, 2.45) is 0 Å². The van der Waals surface area contributed by atoms with Gasteiger partial charge in [0.25, 0.3) is 11.8 Å². The molecule has 2 unspecified atom stereocenters. The molecule has 2 aromatic rings. The minimum Gasteiger partial charge on any atom is -0.481 e. The van der Waals surface area contributed by atoms with E-state index in [4.69, 9.17) is 9.47 Å². The van der Waals surface area contributed by atoms with E-state index in [1.54, 1.807) is 19.9 Å². The molecule has 0 aromatic heterocycles. The maximum atomic E-state index is 12.1. The zero-order valence-electron chi connectivity index (χ0n) is 16.3. The lowest BCUT2D eigenvalue weighted by atomic mass is 10.1. The molecule has 0 aliphatic rings. The third kappa shape index (κ3) is 5.74. The molecule has 144 valence electrons. The van der Waals surface area contributed by atoms with Gasteiger partial charge in [-0.25, -0.2) is 0 Å². The van der Waals surface area contributed by atoms with Crippen molar-refractivity contribution in [3.8, 4) is 11.5 Å². The molecule has 0 fully saturated rings. The Morgan fingerprint density at radius 1 is 0.778 bits per heavy atom. The van der Waals surface area contributed by atoms with Gasteiger partial charge in [0.15, 0.2) is 12.2 Å². The minimum atomic E-state index is -0.764. The molecule has 2 aromatic carbocycles. The van der Waals surface area contributed by atoms with Crippen LogP contribution < -0.4 is 20.3 Å². The lowest BCUT2D eigenvalue weighted by Crippen LogP contribution is -2.50. The van der Waals surface area contributed by atoms with Crippen molar-refractivity contribution >= 4 is 11.8 Å². The van der Waals surface area contributed by atoms with E-state index in [0.717, 1.165) is 16.7 Å². The quantitative estimate of drug-likeness (QED) is 0.767. The fraction of sp³-hybridized carbons (Fsp3) is 0.333. The van der Waals surface area contributed by atoms with Crippen molar-refractivity contribution in [3.63, 3.8) is 0 Å². The molecule has 2 rings (SSSR count). The Labute approximate surface area is 159 Å². The Bertz CT molecular complexity index is 820. The summed E-state index contributed by atoms with van der Waals surface area (Å²) < 4.78 is 11.2. The molecular formula is C21H26N2O4. The molecule has 2 atom stereocenters. The maximum Gasteiger partial charge on any atom is 0.279 e. The van der Waals surface area contributed by atoms with Gasteiger partial charge in [0.2, 0.25) is 0 Å². The predicted molar refractivity (Wildman–Crippen MR) is 104 cm³/mol. The molecule has 27 heavy (non-hydrogen) atoms. The monoisotopic (exact) mass is 370 g/mol. The maximum absolute atomic E-state index is 12.1. The van der Waals surface area contributed by atoms with Crippen LogP contribution in [0.2, 0.25) is 0 Å². The normalized spacial score (nSPS) is 12.6. The van der Waals surface area contributed by atoms with Crippen molar-refractivity contribution in [1.29, 1.82) is 0 Å². The summed E-state index contributed by atoms with van der Waals surface area (Å²) in [7, 11) is 0. The Kier molecular flexibility index (Phi) is 6.82. The first-order valence-electron chi connectivity index (χ1n) is 8.84. The van der Waals surface area contributed by atoms with Crippen LogP contribution in [0.25, 0.3) is 0 Å². The number of hydrazine groups is 1. The molecule has 0 spiro atoms. The van der Waals surface area contributed by atoms with Gasteiger partial charge in [-0.15, -0.1) is 0 Å². The lowest BCUT2D eigenvalue weighted by Gasteiger charge is -2.18. The summed E-state index contributed by atoms with van der Waals surface area (Å²) in [6.45, 7) is 9.11. The molecular weight excluding hydrogens is 344 g/mol. The van der Waals surface area contributed by atoms with Crippen LogP contribution in [0.4, 0.5) is 0 Å². The van der Waals surface area contributed by atoms with E-state index < -0.39 is 24.0 Å². The van der Waals surface area contributed by atoms with Gasteiger partial charge in [-0.1, -0.05) is 24.3 Å². The lowest BCUT2D eigenvalue weighted by molar-refractivity contribution is -0.135. The summed E-state index contributed by atoms with van der Waals surface area (Å²) >= 11 is 0. The number of amides is 2. The molecule has 0 bridgehead atoms. The van der Waals surface area contributed by atoms with E-state index >= 15 is 0 Å². The summed E-state index contributed by atoms with van der Waals surface area (Å²) in [5, 5.41) is 0. The molecule has 0 saturated heterocycles. The number of hydrogen-bond acceptors (Lipinski definition) is 4. The van der Waals surface area contributed by atoms with Gasteiger partial charge in [0.05, 0.1) is 0 Å². The zero-order chi connectivity index (χ0) is 20.0. The Morgan fingerprint density at radius 2 is 1.37 bits per heavy atom. The van der Waals surface area contributed by atoms with E-state index in [-0.39, 0.29) is 0 Å². The fourth-order valence-electron chi connectivity index (χ4n) is 2.30. The van der Waals surface area contributed by atoms with Gasteiger partial charge in [-0.05, 0) is 69.5 Å². The number of hydrogen-bond donors (Lipinski definition) is 2. The molecule has 2 N–H and O–H groups in total. The Balaban J connectivity index is 1.83. The highest BCUT2D eigenvalue weighted by molar-refractivity contribution is 5.86. The number of ether oxygens (including phenoxy) is 2. The molecule has 0 aliphatic carbocycles. The number of rotatable bonds is 6. The third-order valence-electron chi connectivity index (χ3n) is 4.24. The summed E-state index contributed by atoms with van der Waals surface area (Å²) in [4.78, 5) is 24.3. The van der Waals surface area contributed by atoms with Crippen molar-refractivity contribution in [3.05, 3.63) is 59.2 Å². The first kappa shape index (κ1) is 20.3. The topological polar surface area (TPSA) is 76.7 Å². The standard InChI is InChI=1S/C21H26N2O4/c1-13-10-11-18(12-15(13)3)26-16(4)20(24)22-23-21(25)17(5)27-19-9-7-6-8-14(19)2/h6-12,16-17H,1-5H3,(H,22,24)(H,23,25). The summed E-state index contributed by atoms with van der Waals surface area (Å²) in [6, 6.07) is 13.0. The molecule has 2 amide bonds. The highest BCUT2D eigenvalue weighted by Crippen LogP contribution is 2.18. The zero-order valence-corrected chi connectivity index (χ0v) is 16.3. The van der Waals surface area contributed by atoms with Crippen LogP contribution in [0, 0.1) is 20.8 Å². The number of para-hydroxylation sites is 1. The largest absolute Gasteiger partial charge is 0.481 e. The summed E-state index contributed by atoms with van der Waals surface area (Å²) in [5.74, 6) is 0.316. The second kappa shape index (κ2) is 9.07. The molecule has 0 radical (unpaired) electrons. The second-order valence-electron chi connectivity index (χ2n) is 6.51. The van der Waals surface area contributed by atoms with Gasteiger partial charge in [0.1, 0.15) is 11.5 Å². The number of aryl methyl sites for hydroxylation is 3. The highest BCUT2D eigenvalue weighted by Gasteiger charge is 2.19. The molecule has 0 aliphatic heterocycles. The fourth-order valence-corrected chi connectivity index (χ4v) is 2.30. The number of nitrogens with one attached hydrogen (secondary N) is 2. The van der Waals surface area contributed by atoms with Crippen molar-refractivity contribution in [2.45, 2.75) is 46.8 Å². The van der Waals surface area contributed by atoms with Crippen LogP contribution in [0.3, 0.4) is 0 Å². The number of carbonyl (C=O) groups is 2. The van der Waals surface area contributed by atoms with Gasteiger partial charge in [0, 0.05) is 0 Å². The summed E-state index contributed by atoms with van der Waals surface area (Å²) in [6.07, 6.45) is -1.53. The average molecular weight is 370 g/mol. The van der Waals surface area contributed by atoms with E-state index in [2.05, 4.69) is 10.9 Å². The third-order valence-corrected chi connectivity index (χ3v) is 4.24. The molecule has 6 heteroatoms. The number of carbonyl (C=O) groups excluding carboxylic acids is 2. The first-order valence-corrected chi connectivity index (χ1v) is 8.84. The molecule has 6 nitrogen and oxygen atoms in total. The van der Waals surface area contributed by atoms with Crippen molar-refractivity contribution in [2.75, 3.05) is 0 Å². The van der Waals surface area contributed by atoms with E-state index in [1.807, 2.05) is 57.2 Å². The first-order chi connectivity index (χ1) is 12.8. The van der Waals surface area contributed by atoms with Gasteiger partial charge >= 0.3 is 0 Å². The van der Waals surface area contributed by atoms with Gasteiger partial charge in [-0.3, -0.25) is 20.4 Å². The SMILES string of the molecule is Cc1ccc(OC(C)C(=O)NNC(=O)C(C)Oc2ccccc2C)cc1C.